The Morgan fingerprint density at radius 2 is 1.96 bits per heavy atom. The largest absolute Gasteiger partial charge is 0.342 e. The Kier molecular flexibility index (Phi) is 3.91. The fraction of sp³-hybridized carbons (Fsp3) is 0.118. The normalized spacial score (nSPS) is 10.9. The number of carbonyl (C=O) groups excluding carboxylic acids is 1. The Bertz CT molecular complexity index is 973. The minimum Gasteiger partial charge on any atom is -0.342 e. The van der Waals surface area contributed by atoms with Crippen LogP contribution in [0.2, 0.25) is 0 Å². The molecule has 8 nitrogen and oxygen atoms in total. The lowest BCUT2D eigenvalue weighted by molar-refractivity contribution is -0.116. The second-order valence-electron chi connectivity index (χ2n) is 5.47. The number of carbonyl (C=O) groups is 1. The molecule has 1 aromatic carbocycles. The zero-order valence-electron chi connectivity index (χ0n) is 13.2. The number of amides is 1. The number of nitrogens with zero attached hydrogens (tertiary/aromatic N) is 4. The molecule has 124 valence electrons. The minimum atomic E-state index is -0.174. The highest BCUT2D eigenvalue weighted by molar-refractivity contribution is 5.89. The molecule has 3 heterocycles. The summed E-state index contributed by atoms with van der Waals surface area (Å²) in [4.78, 5) is 28.1. The third kappa shape index (κ3) is 3.37. The average molecular weight is 333 g/mol. The fourth-order valence-corrected chi connectivity index (χ4v) is 2.48. The summed E-state index contributed by atoms with van der Waals surface area (Å²) in [6.07, 6.45) is 2.47. The SMILES string of the molecule is O=C(CCc1nc2ccccc2[nH]1)Nc1n[nH]c(-c2ccccn2)n1. The summed E-state index contributed by atoms with van der Waals surface area (Å²) in [7, 11) is 0. The Hall–Kier alpha value is -3.55. The van der Waals surface area contributed by atoms with Gasteiger partial charge >= 0.3 is 0 Å². The van der Waals surface area contributed by atoms with Crippen LogP contribution in [0.1, 0.15) is 12.2 Å². The van der Waals surface area contributed by atoms with Crippen molar-refractivity contribution in [3.8, 4) is 11.5 Å². The van der Waals surface area contributed by atoms with Crippen LogP contribution in [0.3, 0.4) is 0 Å². The molecule has 1 amide bonds. The maximum absolute atomic E-state index is 12.1. The smallest absolute Gasteiger partial charge is 0.249 e. The summed E-state index contributed by atoms with van der Waals surface area (Å²) in [5.41, 5.74) is 2.52. The Morgan fingerprint density at radius 1 is 1.08 bits per heavy atom. The van der Waals surface area contributed by atoms with Gasteiger partial charge in [-0.2, -0.15) is 4.98 Å². The molecule has 0 spiro atoms. The lowest BCUT2D eigenvalue weighted by Crippen LogP contribution is -2.13. The lowest BCUT2D eigenvalue weighted by Gasteiger charge is -1.99. The van der Waals surface area contributed by atoms with E-state index < -0.39 is 0 Å². The Balaban J connectivity index is 1.37. The fourth-order valence-electron chi connectivity index (χ4n) is 2.48. The number of anilines is 1. The third-order valence-electron chi connectivity index (χ3n) is 3.67. The monoisotopic (exact) mass is 333 g/mol. The molecule has 0 aliphatic rings. The number of nitrogens with one attached hydrogen (secondary N) is 3. The predicted molar refractivity (Wildman–Crippen MR) is 92.7 cm³/mol. The molecule has 25 heavy (non-hydrogen) atoms. The van der Waals surface area contributed by atoms with E-state index >= 15 is 0 Å². The van der Waals surface area contributed by atoms with Gasteiger partial charge in [-0.3, -0.25) is 20.2 Å². The van der Waals surface area contributed by atoms with Crippen molar-refractivity contribution in [1.29, 1.82) is 0 Å². The topological polar surface area (TPSA) is 112 Å². The minimum absolute atomic E-state index is 0.174. The second kappa shape index (κ2) is 6.52. The zero-order chi connectivity index (χ0) is 17.1. The van der Waals surface area contributed by atoms with Gasteiger partial charge in [0.25, 0.3) is 0 Å². The number of para-hydroxylation sites is 2. The van der Waals surface area contributed by atoms with Gasteiger partial charge in [-0.25, -0.2) is 4.98 Å². The Labute approximate surface area is 142 Å². The van der Waals surface area contributed by atoms with Gasteiger partial charge in [-0.05, 0) is 24.3 Å². The first kappa shape index (κ1) is 15.0. The number of rotatable bonds is 5. The molecule has 0 unspecified atom stereocenters. The quantitative estimate of drug-likeness (QED) is 0.519. The van der Waals surface area contributed by atoms with Crippen LogP contribution in [0.4, 0.5) is 5.95 Å². The molecule has 0 bridgehead atoms. The van der Waals surface area contributed by atoms with E-state index in [4.69, 9.17) is 0 Å². The van der Waals surface area contributed by atoms with E-state index in [1.807, 2.05) is 42.5 Å². The summed E-state index contributed by atoms with van der Waals surface area (Å²) < 4.78 is 0. The second-order valence-corrected chi connectivity index (χ2v) is 5.47. The highest BCUT2D eigenvalue weighted by Crippen LogP contribution is 2.13. The first-order valence-corrected chi connectivity index (χ1v) is 7.85. The van der Waals surface area contributed by atoms with Crippen molar-refractivity contribution in [1.82, 2.24) is 30.1 Å². The summed E-state index contributed by atoms with van der Waals surface area (Å²) in [6, 6.07) is 13.3. The van der Waals surface area contributed by atoms with Crippen LogP contribution in [0.15, 0.2) is 48.7 Å². The molecule has 0 saturated heterocycles. The van der Waals surface area contributed by atoms with Crippen molar-refractivity contribution >= 4 is 22.9 Å². The van der Waals surface area contributed by atoms with Crippen molar-refractivity contribution in [2.75, 3.05) is 5.32 Å². The molecule has 4 rings (SSSR count). The molecular formula is C17H15N7O. The average Bonchev–Trinajstić information content (AvgIpc) is 3.27. The molecule has 3 N–H and O–H groups in total. The van der Waals surface area contributed by atoms with E-state index in [-0.39, 0.29) is 18.3 Å². The van der Waals surface area contributed by atoms with Gasteiger partial charge in [-0.15, -0.1) is 5.10 Å². The number of benzene rings is 1. The summed E-state index contributed by atoms with van der Waals surface area (Å²) in [5, 5.41) is 9.43. The number of imidazole rings is 1. The molecule has 0 atom stereocenters. The van der Waals surface area contributed by atoms with E-state index in [0.29, 0.717) is 17.9 Å². The highest BCUT2D eigenvalue weighted by Gasteiger charge is 2.11. The molecule has 4 aromatic rings. The van der Waals surface area contributed by atoms with Crippen molar-refractivity contribution < 1.29 is 4.79 Å². The van der Waals surface area contributed by atoms with E-state index in [9.17, 15) is 4.79 Å². The molecular weight excluding hydrogens is 318 g/mol. The molecule has 0 fully saturated rings. The van der Waals surface area contributed by atoms with E-state index in [2.05, 4.69) is 35.5 Å². The molecule has 8 heteroatoms. The number of fused-ring (bicyclic) bond motifs is 1. The van der Waals surface area contributed by atoms with E-state index in [1.165, 1.54) is 0 Å². The van der Waals surface area contributed by atoms with Gasteiger partial charge in [0.05, 0.1) is 11.0 Å². The van der Waals surface area contributed by atoms with Gasteiger partial charge in [0.2, 0.25) is 11.9 Å². The van der Waals surface area contributed by atoms with Crippen LogP contribution in [-0.2, 0) is 11.2 Å². The number of aromatic nitrogens is 6. The Morgan fingerprint density at radius 3 is 2.80 bits per heavy atom. The summed E-state index contributed by atoms with van der Waals surface area (Å²) >= 11 is 0. The van der Waals surface area contributed by atoms with Crippen molar-refractivity contribution in [2.24, 2.45) is 0 Å². The van der Waals surface area contributed by atoms with Crippen LogP contribution >= 0.6 is 0 Å². The van der Waals surface area contributed by atoms with E-state index in [1.54, 1.807) is 6.20 Å². The number of aryl methyl sites for hydroxylation is 1. The van der Waals surface area contributed by atoms with Gasteiger partial charge in [0.1, 0.15) is 11.5 Å². The number of pyridine rings is 1. The maximum atomic E-state index is 12.1. The van der Waals surface area contributed by atoms with Crippen LogP contribution in [0.25, 0.3) is 22.6 Å². The number of hydrogen-bond donors (Lipinski definition) is 3. The molecule has 0 saturated carbocycles. The first-order valence-electron chi connectivity index (χ1n) is 7.85. The van der Waals surface area contributed by atoms with Gasteiger partial charge < -0.3 is 4.98 Å². The predicted octanol–water partition coefficient (Wildman–Crippen LogP) is 2.31. The number of H-pyrrole nitrogens is 2. The van der Waals surface area contributed by atoms with Gasteiger partial charge in [-0.1, -0.05) is 18.2 Å². The third-order valence-corrected chi connectivity index (χ3v) is 3.67. The molecule has 0 aliphatic heterocycles. The van der Waals surface area contributed by atoms with Gasteiger partial charge in [0.15, 0.2) is 5.82 Å². The van der Waals surface area contributed by atoms with Crippen LogP contribution < -0.4 is 5.32 Å². The molecule has 3 aromatic heterocycles. The van der Waals surface area contributed by atoms with Crippen LogP contribution in [0, 0.1) is 0 Å². The maximum Gasteiger partial charge on any atom is 0.249 e. The summed E-state index contributed by atoms with van der Waals surface area (Å²) in [6.45, 7) is 0. The molecule has 0 aliphatic carbocycles. The standard InChI is InChI=1S/C17H15N7O/c25-15(9-8-14-19-11-5-1-2-6-12(11)20-14)21-17-22-16(23-24-17)13-7-3-4-10-18-13/h1-7,10H,8-9H2,(H,19,20)(H2,21,22,23,24,25). The van der Waals surface area contributed by atoms with Crippen molar-refractivity contribution in [3.63, 3.8) is 0 Å². The highest BCUT2D eigenvalue weighted by atomic mass is 16.1. The number of hydrogen-bond acceptors (Lipinski definition) is 5. The molecule has 0 radical (unpaired) electrons. The first-order chi connectivity index (χ1) is 12.3. The van der Waals surface area contributed by atoms with E-state index in [0.717, 1.165) is 16.9 Å². The summed E-state index contributed by atoms with van der Waals surface area (Å²) in [5.74, 6) is 1.34. The number of aromatic amines is 2. The van der Waals surface area contributed by atoms with Crippen molar-refractivity contribution in [2.45, 2.75) is 12.8 Å². The van der Waals surface area contributed by atoms with Crippen LogP contribution in [0.5, 0.6) is 0 Å². The van der Waals surface area contributed by atoms with Crippen molar-refractivity contribution in [3.05, 3.63) is 54.5 Å². The lowest BCUT2D eigenvalue weighted by atomic mass is 10.3. The zero-order valence-corrected chi connectivity index (χ0v) is 13.2. The van der Waals surface area contributed by atoms with Crippen LogP contribution in [-0.4, -0.2) is 36.0 Å². The van der Waals surface area contributed by atoms with Gasteiger partial charge in [0, 0.05) is 19.0 Å².